The lowest BCUT2D eigenvalue weighted by atomic mass is 10.2. The van der Waals surface area contributed by atoms with Gasteiger partial charge in [0.25, 0.3) is 0 Å². The first-order valence-corrected chi connectivity index (χ1v) is 5.57. The Morgan fingerprint density at radius 1 is 1.00 bits per heavy atom. The molecule has 5 heteroatoms. The third-order valence-corrected chi connectivity index (χ3v) is 2.57. The summed E-state index contributed by atoms with van der Waals surface area (Å²) in [5.74, 6) is 0.710. The fourth-order valence-electron chi connectivity index (χ4n) is 1.64. The van der Waals surface area contributed by atoms with Crippen molar-refractivity contribution in [2.45, 2.75) is 6.92 Å². The second-order valence-corrected chi connectivity index (χ2v) is 3.93. The van der Waals surface area contributed by atoms with E-state index in [1.54, 1.807) is 31.0 Å². The summed E-state index contributed by atoms with van der Waals surface area (Å²) in [4.78, 5) is 20.1. The molecule has 3 heterocycles. The van der Waals surface area contributed by atoms with Crippen molar-refractivity contribution in [3.05, 3.63) is 48.8 Å². The van der Waals surface area contributed by atoms with Crippen LogP contribution < -0.4 is 0 Å². The maximum absolute atomic E-state index is 4.31. The number of rotatable bonds is 2. The standard InChI is InChI=1S/C13H11N5/c1-9-5-16-12(8-15-9)13-17-7-11(18-13)10-3-2-4-14-6-10/h2-8H,1H3,(H,17,18). The van der Waals surface area contributed by atoms with E-state index in [1.165, 1.54) is 0 Å². The van der Waals surface area contributed by atoms with Gasteiger partial charge in [-0.3, -0.25) is 9.97 Å². The summed E-state index contributed by atoms with van der Waals surface area (Å²) in [5.41, 5.74) is 3.53. The van der Waals surface area contributed by atoms with Gasteiger partial charge < -0.3 is 4.98 Å². The van der Waals surface area contributed by atoms with Crippen molar-refractivity contribution in [3.63, 3.8) is 0 Å². The summed E-state index contributed by atoms with van der Waals surface area (Å²) in [5, 5.41) is 0. The minimum absolute atomic E-state index is 0.710. The van der Waals surface area contributed by atoms with Crippen LogP contribution in [0, 0.1) is 6.92 Å². The lowest BCUT2D eigenvalue weighted by molar-refractivity contribution is 1.10. The Bertz CT molecular complexity index is 643. The number of nitrogens with zero attached hydrogens (tertiary/aromatic N) is 4. The quantitative estimate of drug-likeness (QED) is 0.742. The number of H-pyrrole nitrogens is 1. The van der Waals surface area contributed by atoms with Gasteiger partial charge in [-0.1, -0.05) is 0 Å². The zero-order chi connectivity index (χ0) is 12.4. The molecule has 0 aromatic carbocycles. The highest BCUT2D eigenvalue weighted by molar-refractivity contribution is 5.61. The summed E-state index contributed by atoms with van der Waals surface area (Å²) in [6.45, 7) is 1.90. The molecule has 18 heavy (non-hydrogen) atoms. The highest BCUT2D eigenvalue weighted by Crippen LogP contribution is 2.19. The number of aromatic amines is 1. The van der Waals surface area contributed by atoms with Crippen molar-refractivity contribution in [1.29, 1.82) is 0 Å². The van der Waals surface area contributed by atoms with E-state index in [9.17, 15) is 0 Å². The lowest BCUT2D eigenvalue weighted by Gasteiger charge is -1.97. The molecule has 0 aliphatic heterocycles. The molecular weight excluding hydrogens is 226 g/mol. The molecule has 0 radical (unpaired) electrons. The highest BCUT2D eigenvalue weighted by atomic mass is 15.0. The molecule has 0 spiro atoms. The van der Waals surface area contributed by atoms with Crippen LogP contribution in [0.5, 0.6) is 0 Å². The Morgan fingerprint density at radius 2 is 1.94 bits per heavy atom. The Kier molecular flexibility index (Phi) is 2.57. The predicted octanol–water partition coefficient (Wildman–Crippen LogP) is 2.24. The lowest BCUT2D eigenvalue weighted by Crippen LogP contribution is -1.89. The Hall–Kier alpha value is -2.56. The van der Waals surface area contributed by atoms with Gasteiger partial charge in [-0.15, -0.1) is 0 Å². The van der Waals surface area contributed by atoms with Gasteiger partial charge in [0.1, 0.15) is 5.69 Å². The molecule has 0 amide bonds. The van der Waals surface area contributed by atoms with Crippen molar-refractivity contribution < 1.29 is 0 Å². The molecule has 5 nitrogen and oxygen atoms in total. The van der Waals surface area contributed by atoms with E-state index in [0.29, 0.717) is 5.82 Å². The predicted molar refractivity (Wildman–Crippen MR) is 67.6 cm³/mol. The van der Waals surface area contributed by atoms with Gasteiger partial charge in [0.15, 0.2) is 5.82 Å². The first-order chi connectivity index (χ1) is 8.83. The summed E-state index contributed by atoms with van der Waals surface area (Å²) in [6.07, 6.45) is 8.74. The molecule has 3 aromatic rings. The van der Waals surface area contributed by atoms with E-state index < -0.39 is 0 Å². The van der Waals surface area contributed by atoms with E-state index in [0.717, 1.165) is 22.6 Å². The smallest absolute Gasteiger partial charge is 0.158 e. The molecule has 88 valence electrons. The van der Waals surface area contributed by atoms with Gasteiger partial charge >= 0.3 is 0 Å². The van der Waals surface area contributed by atoms with Crippen LogP contribution in [-0.4, -0.2) is 24.9 Å². The summed E-state index contributed by atoms with van der Waals surface area (Å²) < 4.78 is 0. The number of pyridine rings is 1. The minimum Gasteiger partial charge on any atom is -0.337 e. The van der Waals surface area contributed by atoms with Gasteiger partial charge in [0.2, 0.25) is 0 Å². The second kappa shape index (κ2) is 4.37. The third kappa shape index (κ3) is 1.98. The Balaban J connectivity index is 1.97. The largest absolute Gasteiger partial charge is 0.337 e. The number of aromatic nitrogens is 5. The molecule has 0 fully saturated rings. The SMILES string of the molecule is Cc1cnc(-c2ncc(-c3cccnc3)[nH]2)cn1. The monoisotopic (exact) mass is 237 g/mol. The van der Waals surface area contributed by atoms with Gasteiger partial charge in [0, 0.05) is 24.2 Å². The van der Waals surface area contributed by atoms with Crippen LogP contribution in [0.1, 0.15) is 5.69 Å². The minimum atomic E-state index is 0.710. The number of hydrogen-bond donors (Lipinski definition) is 1. The molecule has 3 aromatic heterocycles. The fraction of sp³-hybridized carbons (Fsp3) is 0.0769. The van der Waals surface area contributed by atoms with Crippen molar-refractivity contribution >= 4 is 0 Å². The van der Waals surface area contributed by atoms with E-state index >= 15 is 0 Å². The first kappa shape index (κ1) is 10.6. The third-order valence-electron chi connectivity index (χ3n) is 2.57. The van der Waals surface area contributed by atoms with Crippen LogP contribution in [0.3, 0.4) is 0 Å². The van der Waals surface area contributed by atoms with Crippen molar-refractivity contribution in [2.24, 2.45) is 0 Å². The van der Waals surface area contributed by atoms with Gasteiger partial charge in [-0.25, -0.2) is 9.97 Å². The summed E-state index contributed by atoms with van der Waals surface area (Å²) in [7, 11) is 0. The van der Waals surface area contributed by atoms with Crippen molar-refractivity contribution in [1.82, 2.24) is 24.9 Å². The average molecular weight is 237 g/mol. The van der Waals surface area contributed by atoms with Gasteiger partial charge in [0.05, 0.1) is 23.8 Å². The zero-order valence-corrected chi connectivity index (χ0v) is 9.83. The van der Waals surface area contributed by atoms with Crippen LogP contribution in [0.4, 0.5) is 0 Å². The van der Waals surface area contributed by atoms with Crippen LogP contribution in [0.15, 0.2) is 43.1 Å². The number of hydrogen-bond acceptors (Lipinski definition) is 4. The van der Waals surface area contributed by atoms with Gasteiger partial charge in [-0.2, -0.15) is 0 Å². The zero-order valence-electron chi connectivity index (χ0n) is 9.83. The maximum Gasteiger partial charge on any atom is 0.158 e. The van der Waals surface area contributed by atoms with E-state index in [-0.39, 0.29) is 0 Å². The number of aryl methyl sites for hydroxylation is 1. The molecule has 0 saturated carbocycles. The normalized spacial score (nSPS) is 10.5. The van der Waals surface area contributed by atoms with E-state index in [4.69, 9.17) is 0 Å². The first-order valence-electron chi connectivity index (χ1n) is 5.57. The van der Waals surface area contributed by atoms with Crippen LogP contribution in [0.2, 0.25) is 0 Å². The Labute approximate surface area is 104 Å². The molecule has 0 saturated heterocycles. The summed E-state index contributed by atoms with van der Waals surface area (Å²) in [6, 6.07) is 3.87. The number of nitrogens with one attached hydrogen (secondary N) is 1. The maximum atomic E-state index is 4.31. The molecule has 3 rings (SSSR count). The average Bonchev–Trinajstić information content (AvgIpc) is 2.90. The Morgan fingerprint density at radius 3 is 2.67 bits per heavy atom. The molecular formula is C13H11N5. The van der Waals surface area contributed by atoms with Gasteiger partial charge in [-0.05, 0) is 19.1 Å². The van der Waals surface area contributed by atoms with Crippen molar-refractivity contribution in [2.75, 3.05) is 0 Å². The van der Waals surface area contributed by atoms with E-state index in [2.05, 4.69) is 24.9 Å². The highest BCUT2D eigenvalue weighted by Gasteiger charge is 2.06. The number of imidazole rings is 1. The molecule has 0 aliphatic carbocycles. The van der Waals surface area contributed by atoms with Crippen molar-refractivity contribution in [3.8, 4) is 22.8 Å². The molecule has 0 bridgehead atoms. The van der Waals surface area contributed by atoms with Crippen LogP contribution in [0.25, 0.3) is 22.8 Å². The van der Waals surface area contributed by atoms with Crippen LogP contribution >= 0.6 is 0 Å². The summed E-state index contributed by atoms with van der Waals surface area (Å²) >= 11 is 0. The molecule has 1 N–H and O–H groups in total. The molecule has 0 unspecified atom stereocenters. The van der Waals surface area contributed by atoms with Crippen LogP contribution in [-0.2, 0) is 0 Å². The van der Waals surface area contributed by atoms with E-state index in [1.807, 2.05) is 19.1 Å². The second-order valence-electron chi connectivity index (χ2n) is 3.93. The molecule has 0 atom stereocenters. The topological polar surface area (TPSA) is 67.3 Å². The fourth-order valence-corrected chi connectivity index (χ4v) is 1.64. The molecule has 0 aliphatic rings.